The molecule has 0 unspecified atom stereocenters. The van der Waals surface area contributed by atoms with Gasteiger partial charge in [-0.1, -0.05) is 43.1 Å². The van der Waals surface area contributed by atoms with Crippen LogP contribution < -0.4 is 5.43 Å². The smallest absolute Gasteiger partial charge is 0.136 e. The number of hydrogen-bond acceptors (Lipinski definition) is 3. The average Bonchev–Trinajstić information content (AvgIpc) is 2.65. The summed E-state index contributed by atoms with van der Waals surface area (Å²) in [6, 6.07) is 7.36. The van der Waals surface area contributed by atoms with E-state index in [1.807, 2.05) is 29.8 Å². The average molecular weight is 325 g/mol. The third kappa shape index (κ3) is 4.22. The third-order valence-electron chi connectivity index (χ3n) is 2.86. The normalized spacial score (nSPS) is 11.5. The van der Waals surface area contributed by atoms with Crippen molar-refractivity contribution in [2.45, 2.75) is 27.3 Å². The Labute approximate surface area is 134 Å². The maximum Gasteiger partial charge on any atom is 0.136 e. The fourth-order valence-corrected chi connectivity index (χ4v) is 2.39. The number of aryl methyl sites for hydroxylation is 1. The molecule has 0 fully saturated rings. The summed E-state index contributed by atoms with van der Waals surface area (Å²) < 4.78 is 1.81. The molecular weight excluding hydrogens is 307 g/mol. The van der Waals surface area contributed by atoms with Gasteiger partial charge in [-0.25, -0.2) is 0 Å². The molecular formula is C15H18Cl2N4. The Hall–Kier alpha value is -1.52. The first kappa shape index (κ1) is 15.9. The fourth-order valence-electron chi connectivity index (χ4n) is 1.91. The zero-order valence-corrected chi connectivity index (χ0v) is 13.8. The van der Waals surface area contributed by atoms with Crippen LogP contribution in [-0.2, 0) is 6.54 Å². The Morgan fingerprint density at radius 3 is 2.81 bits per heavy atom. The predicted octanol–water partition coefficient (Wildman–Crippen LogP) is 4.60. The largest absolute Gasteiger partial charge is 0.278 e. The van der Waals surface area contributed by atoms with Gasteiger partial charge < -0.3 is 0 Å². The maximum atomic E-state index is 6.34. The van der Waals surface area contributed by atoms with Crippen LogP contribution in [-0.4, -0.2) is 16.0 Å². The second kappa shape index (κ2) is 6.96. The quantitative estimate of drug-likeness (QED) is 0.645. The van der Waals surface area contributed by atoms with E-state index in [1.165, 1.54) is 0 Å². The molecule has 6 heteroatoms. The van der Waals surface area contributed by atoms with Gasteiger partial charge >= 0.3 is 0 Å². The molecule has 0 radical (unpaired) electrons. The van der Waals surface area contributed by atoms with Gasteiger partial charge in [0.2, 0.25) is 0 Å². The second-order valence-corrected chi connectivity index (χ2v) is 6.04. The molecule has 1 heterocycles. The number of rotatable bonds is 5. The van der Waals surface area contributed by atoms with Crippen molar-refractivity contribution in [3.8, 4) is 0 Å². The van der Waals surface area contributed by atoms with Gasteiger partial charge in [-0.3, -0.25) is 10.1 Å². The Bertz CT molecular complexity index is 647. The molecule has 1 N–H and O–H groups in total. The van der Waals surface area contributed by atoms with Crippen molar-refractivity contribution in [2.75, 3.05) is 5.43 Å². The van der Waals surface area contributed by atoms with Gasteiger partial charge in [-0.05, 0) is 31.0 Å². The highest BCUT2D eigenvalue weighted by atomic mass is 35.5. The summed E-state index contributed by atoms with van der Waals surface area (Å²) >= 11 is 12.3. The van der Waals surface area contributed by atoms with E-state index >= 15 is 0 Å². The van der Waals surface area contributed by atoms with Crippen molar-refractivity contribution in [1.29, 1.82) is 0 Å². The highest BCUT2D eigenvalue weighted by molar-refractivity contribution is 6.32. The zero-order valence-electron chi connectivity index (χ0n) is 12.3. The number of aromatic nitrogens is 2. The lowest BCUT2D eigenvalue weighted by molar-refractivity contribution is 0.482. The first-order chi connectivity index (χ1) is 9.97. The van der Waals surface area contributed by atoms with Crippen LogP contribution >= 0.6 is 23.2 Å². The summed E-state index contributed by atoms with van der Waals surface area (Å²) in [5.74, 6) is 0.483. The van der Waals surface area contributed by atoms with Crippen LogP contribution in [0.1, 0.15) is 25.1 Å². The highest BCUT2D eigenvalue weighted by Crippen LogP contribution is 2.19. The molecule has 1 aromatic carbocycles. The Morgan fingerprint density at radius 1 is 1.38 bits per heavy atom. The molecule has 21 heavy (non-hydrogen) atoms. The van der Waals surface area contributed by atoms with Crippen molar-refractivity contribution >= 4 is 35.1 Å². The number of hydrogen-bond donors (Lipinski definition) is 1. The number of halogens is 2. The van der Waals surface area contributed by atoms with Crippen LogP contribution in [0, 0.1) is 12.8 Å². The fraction of sp³-hybridized carbons (Fsp3) is 0.333. The van der Waals surface area contributed by atoms with Crippen LogP contribution in [0.5, 0.6) is 0 Å². The van der Waals surface area contributed by atoms with Crippen LogP contribution in [0.4, 0.5) is 5.69 Å². The molecule has 0 amide bonds. The number of anilines is 1. The summed E-state index contributed by atoms with van der Waals surface area (Å²) in [6.07, 6.45) is 1.68. The number of benzene rings is 1. The second-order valence-electron chi connectivity index (χ2n) is 5.25. The first-order valence-corrected chi connectivity index (χ1v) is 7.50. The predicted molar refractivity (Wildman–Crippen MR) is 89.5 cm³/mol. The van der Waals surface area contributed by atoms with Gasteiger partial charge in [0.25, 0.3) is 0 Å². The summed E-state index contributed by atoms with van der Waals surface area (Å²) in [6.45, 7) is 6.96. The molecule has 4 nitrogen and oxygen atoms in total. The highest BCUT2D eigenvalue weighted by Gasteiger charge is 2.12. The molecule has 0 aliphatic heterocycles. The minimum atomic E-state index is 0.483. The standard InChI is InChI=1S/C15H18Cl2N4/c1-10(2)9-21-15(17)14(11(3)20-21)8-18-19-13-6-4-5-12(16)7-13/h4-8,10,19H,9H2,1-3H3/b18-8-. The Morgan fingerprint density at radius 2 is 2.14 bits per heavy atom. The van der Waals surface area contributed by atoms with Crippen LogP contribution in [0.25, 0.3) is 0 Å². The summed E-state index contributed by atoms with van der Waals surface area (Å²) in [5, 5.41) is 9.90. The Balaban J connectivity index is 2.12. The van der Waals surface area contributed by atoms with Gasteiger partial charge in [0.15, 0.2) is 0 Å². The lowest BCUT2D eigenvalue weighted by Crippen LogP contribution is -2.06. The monoisotopic (exact) mass is 324 g/mol. The lowest BCUT2D eigenvalue weighted by Gasteiger charge is -2.05. The molecule has 0 bridgehead atoms. The lowest BCUT2D eigenvalue weighted by atomic mass is 10.2. The molecule has 0 saturated carbocycles. The Kier molecular flexibility index (Phi) is 5.26. The van der Waals surface area contributed by atoms with Crippen LogP contribution in [0.3, 0.4) is 0 Å². The molecule has 0 spiro atoms. The molecule has 112 valence electrons. The van der Waals surface area contributed by atoms with Gasteiger partial charge in [0.05, 0.1) is 23.2 Å². The summed E-state index contributed by atoms with van der Waals surface area (Å²) in [4.78, 5) is 0. The van der Waals surface area contributed by atoms with E-state index in [0.717, 1.165) is 23.5 Å². The van der Waals surface area contributed by atoms with E-state index in [-0.39, 0.29) is 0 Å². The summed E-state index contributed by atoms with van der Waals surface area (Å²) in [5.41, 5.74) is 5.43. The van der Waals surface area contributed by atoms with Crippen molar-refractivity contribution in [2.24, 2.45) is 11.0 Å². The van der Waals surface area contributed by atoms with Crippen molar-refractivity contribution in [1.82, 2.24) is 9.78 Å². The van der Waals surface area contributed by atoms with Crippen molar-refractivity contribution in [3.63, 3.8) is 0 Å². The maximum absolute atomic E-state index is 6.34. The zero-order chi connectivity index (χ0) is 15.4. The molecule has 0 aliphatic rings. The van der Waals surface area contributed by atoms with Gasteiger partial charge in [-0.2, -0.15) is 10.2 Å². The molecule has 2 aromatic rings. The van der Waals surface area contributed by atoms with E-state index in [0.29, 0.717) is 16.1 Å². The summed E-state index contributed by atoms with van der Waals surface area (Å²) in [7, 11) is 0. The van der Waals surface area contributed by atoms with Crippen molar-refractivity contribution in [3.05, 3.63) is 45.7 Å². The van der Waals surface area contributed by atoms with E-state index in [4.69, 9.17) is 23.2 Å². The topological polar surface area (TPSA) is 42.2 Å². The molecule has 0 atom stereocenters. The van der Waals surface area contributed by atoms with E-state index in [2.05, 4.69) is 29.5 Å². The number of hydrazone groups is 1. The van der Waals surface area contributed by atoms with Gasteiger partial charge in [-0.15, -0.1) is 0 Å². The SMILES string of the molecule is Cc1nn(CC(C)C)c(Cl)c1/C=N\Nc1cccc(Cl)c1. The third-order valence-corrected chi connectivity index (χ3v) is 3.49. The minimum absolute atomic E-state index is 0.483. The molecule has 0 aliphatic carbocycles. The number of nitrogens with one attached hydrogen (secondary N) is 1. The van der Waals surface area contributed by atoms with Crippen molar-refractivity contribution < 1.29 is 0 Å². The molecule has 0 saturated heterocycles. The van der Waals surface area contributed by atoms with E-state index in [1.54, 1.807) is 12.3 Å². The molecule has 1 aromatic heterocycles. The first-order valence-electron chi connectivity index (χ1n) is 6.75. The van der Waals surface area contributed by atoms with Crippen LogP contribution in [0.2, 0.25) is 10.2 Å². The van der Waals surface area contributed by atoms with Crippen LogP contribution in [0.15, 0.2) is 29.4 Å². The number of nitrogens with zero attached hydrogens (tertiary/aromatic N) is 3. The molecule has 2 rings (SSSR count). The van der Waals surface area contributed by atoms with Gasteiger partial charge in [0, 0.05) is 11.6 Å². The minimum Gasteiger partial charge on any atom is -0.278 e. The van der Waals surface area contributed by atoms with E-state index < -0.39 is 0 Å². The van der Waals surface area contributed by atoms with Gasteiger partial charge in [0.1, 0.15) is 5.15 Å². The van der Waals surface area contributed by atoms with E-state index in [9.17, 15) is 0 Å².